The number of aromatic nitrogens is 3. The highest BCUT2D eigenvalue weighted by atomic mass is 32.2. The maximum Gasteiger partial charge on any atom is 0.276 e. The number of anilines is 1. The first-order valence-corrected chi connectivity index (χ1v) is 11.3. The molecule has 0 fully saturated rings. The predicted octanol–water partition coefficient (Wildman–Crippen LogP) is 4.90. The molecule has 1 amide bonds. The van der Waals surface area contributed by atoms with Crippen LogP contribution in [0.25, 0.3) is 0 Å². The second kappa shape index (κ2) is 9.69. The summed E-state index contributed by atoms with van der Waals surface area (Å²) in [5, 5.41) is 14.4. The molecule has 0 aliphatic carbocycles. The second-order valence-electron chi connectivity index (χ2n) is 6.74. The molecule has 4 rings (SSSR count). The van der Waals surface area contributed by atoms with Gasteiger partial charge in [-0.2, -0.15) is 0 Å². The Morgan fingerprint density at radius 1 is 1.10 bits per heavy atom. The molecule has 1 N–H and O–H groups in total. The Hall–Kier alpha value is -2.97. The number of aryl methyl sites for hydroxylation is 1. The van der Waals surface area contributed by atoms with Crippen molar-refractivity contribution in [1.82, 2.24) is 15.2 Å². The lowest BCUT2D eigenvalue weighted by Crippen LogP contribution is -2.14. The maximum absolute atomic E-state index is 12.2. The predicted molar refractivity (Wildman–Crippen MR) is 119 cm³/mol. The SMILES string of the molecule is Cc1ccc(NC(=O)Cc2nc(CSc3nnc(Cc4ccccc4)o3)cs2)cc1. The van der Waals surface area contributed by atoms with Gasteiger partial charge in [-0.25, -0.2) is 4.98 Å². The van der Waals surface area contributed by atoms with E-state index in [0.717, 1.165) is 27.5 Å². The van der Waals surface area contributed by atoms with Crippen LogP contribution in [0.3, 0.4) is 0 Å². The molecule has 0 aliphatic heterocycles. The third-order valence-corrected chi connectivity index (χ3v) is 5.99. The summed E-state index contributed by atoms with van der Waals surface area (Å²) >= 11 is 2.93. The van der Waals surface area contributed by atoms with Crippen LogP contribution in [0, 0.1) is 6.92 Å². The van der Waals surface area contributed by atoms with Crippen LogP contribution in [0.5, 0.6) is 0 Å². The van der Waals surface area contributed by atoms with E-state index in [4.69, 9.17) is 4.42 Å². The largest absolute Gasteiger partial charge is 0.416 e. The zero-order valence-corrected chi connectivity index (χ0v) is 18.0. The molecule has 0 saturated carbocycles. The van der Waals surface area contributed by atoms with E-state index in [1.165, 1.54) is 23.1 Å². The number of thiazole rings is 1. The van der Waals surface area contributed by atoms with Crippen molar-refractivity contribution in [3.63, 3.8) is 0 Å². The maximum atomic E-state index is 12.2. The zero-order valence-electron chi connectivity index (χ0n) is 16.4. The number of thioether (sulfide) groups is 1. The Balaban J connectivity index is 1.26. The number of hydrogen-bond acceptors (Lipinski definition) is 7. The number of carbonyl (C=O) groups is 1. The summed E-state index contributed by atoms with van der Waals surface area (Å²) in [6.45, 7) is 2.01. The van der Waals surface area contributed by atoms with Crippen LogP contribution in [0.2, 0.25) is 0 Å². The number of amides is 1. The number of nitrogens with one attached hydrogen (secondary N) is 1. The standard InChI is InChI=1S/C22H20N4O2S2/c1-15-7-9-17(10-8-15)23-19(27)12-21-24-18(13-29-21)14-30-22-26-25-20(28-22)11-16-5-3-2-4-6-16/h2-10,13H,11-12,14H2,1H3,(H,23,27). The van der Waals surface area contributed by atoms with Gasteiger partial charge in [0.05, 0.1) is 18.5 Å². The Kier molecular flexibility index (Phi) is 6.56. The molecule has 0 saturated heterocycles. The van der Waals surface area contributed by atoms with Crippen LogP contribution in [-0.4, -0.2) is 21.1 Å². The van der Waals surface area contributed by atoms with E-state index in [2.05, 4.69) is 20.5 Å². The van der Waals surface area contributed by atoms with Crippen molar-refractivity contribution in [2.75, 3.05) is 5.32 Å². The summed E-state index contributed by atoms with van der Waals surface area (Å²) in [4.78, 5) is 16.8. The summed E-state index contributed by atoms with van der Waals surface area (Å²) in [6.07, 6.45) is 0.871. The molecular formula is C22H20N4O2S2. The minimum absolute atomic E-state index is 0.0742. The van der Waals surface area contributed by atoms with E-state index in [1.807, 2.05) is 66.9 Å². The molecule has 0 atom stereocenters. The second-order valence-corrected chi connectivity index (χ2v) is 8.61. The van der Waals surface area contributed by atoms with Crippen molar-refractivity contribution in [2.24, 2.45) is 0 Å². The normalized spacial score (nSPS) is 10.8. The smallest absolute Gasteiger partial charge is 0.276 e. The Morgan fingerprint density at radius 2 is 1.90 bits per heavy atom. The Bertz CT molecular complexity index is 1110. The van der Waals surface area contributed by atoms with Gasteiger partial charge in [-0.15, -0.1) is 21.5 Å². The molecule has 0 radical (unpaired) electrons. The van der Waals surface area contributed by atoms with Gasteiger partial charge in [-0.3, -0.25) is 4.79 Å². The van der Waals surface area contributed by atoms with Crippen molar-refractivity contribution >= 4 is 34.7 Å². The molecule has 6 nitrogen and oxygen atoms in total. The van der Waals surface area contributed by atoms with Gasteiger partial charge in [-0.1, -0.05) is 59.8 Å². The van der Waals surface area contributed by atoms with Crippen LogP contribution in [0.15, 0.2) is 69.6 Å². The van der Waals surface area contributed by atoms with E-state index >= 15 is 0 Å². The molecule has 2 aromatic heterocycles. The molecule has 4 aromatic rings. The van der Waals surface area contributed by atoms with Crippen LogP contribution in [0.4, 0.5) is 5.69 Å². The van der Waals surface area contributed by atoms with Crippen molar-refractivity contribution in [1.29, 1.82) is 0 Å². The molecule has 2 heterocycles. The van der Waals surface area contributed by atoms with Crippen LogP contribution >= 0.6 is 23.1 Å². The fraction of sp³-hybridized carbons (Fsp3) is 0.182. The van der Waals surface area contributed by atoms with Gasteiger partial charge in [0.25, 0.3) is 5.22 Å². The number of carbonyl (C=O) groups excluding carboxylic acids is 1. The van der Waals surface area contributed by atoms with Gasteiger partial charge in [0.15, 0.2) is 0 Å². The first-order valence-electron chi connectivity index (χ1n) is 9.43. The van der Waals surface area contributed by atoms with E-state index < -0.39 is 0 Å². The Labute approximate surface area is 182 Å². The third-order valence-electron chi connectivity index (χ3n) is 4.24. The van der Waals surface area contributed by atoms with Crippen LogP contribution in [0.1, 0.15) is 27.7 Å². The average molecular weight is 437 g/mol. The molecule has 0 spiro atoms. The number of rotatable bonds is 8. The van der Waals surface area contributed by atoms with Gasteiger partial charge in [0.1, 0.15) is 5.01 Å². The molecule has 152 valence electrons. The fourth-order valence-electron chi connectivity index (χ4n) is 2.75. The highest BCUT2D eigenvalue weighted by Crippen LogP contribution is 2.23. The lowest BCUT2D eigenvalue weighted by molar-refractivity contribution is -0.115. The molecular weight excluding hydrogens is 416 g/mol. The van der Waals surface area contributed by atoms with E-state index in [0.29, 0.717) is 23.3 Å². The molecule has 8 heteroatoms. The van der Waals surface area contributed by atoms with Crippen molar-refractivity contribution in [3.8, 4) is 0 Å². The first kappa shape index (κ1) is 20.3. The van der Waals surface area contributed by atoms with E-state index in [9.17, 15) is 4.79 Å². The highest BCUT2D eigenvalue weighted by molar-refractivity contribution is 7.98. The lowest BCUT2D eigenvalue weighted by atomic mass is 10.2. The van der Waals surface area contributed by atoms with Gasteiger partial charge < -0.3 is 9.73 Å². The van der Waals surface area contributed by atoms with Crippen molar-refractivity contribution in [3.05, 3.63) is 87.7 Å². The summed E-state index contributed by atoms with van der Waals surface area (Å²) in [6, 6.07) is 17.7. The number of benzene rings is 2. The first-order chi connectivity index (χ1) is 14.6. The quantitative estimate of drug-likeness (QED) is 0.396. The topological polar surface area (TPSA) is 80.9 Å². The summed E-state index contributed by atoms with van der Waals surface area (Å²) < 4.78 is 5.71. The summed E-state index contributed by atoms with van der Waals surface area (Å²) in [5.41, 5.74) is 3.97. The summed E-state index contributed by atoms with van der Waals surface area (Å²) in [5.74, 6) is 1.13. The molecule has 0 unspecified atom stereocenters. The number of hydrogen-bond donors (Lipinski definition) is 1. The molecule has 30 heavy (non-hydrogen) atoms. The van der Waals surface area contributed by atoms with Gasteiger partial charge in [0, 0.05) is 16.8 Å². The van der Waals surface area contributed by atoms with E-state index in [-0.39, 0.29) is 12.3 Å². The van der Waals surface area contributed by atoms with Gasteiger partial charge in [-0.05, 0) is 24.6 Å². The fourth-order valence-corrected chi connectivity index (χ4v) is 4.32. The highest BCUT2D eigenvalue weighted by Gasteiger charge is 2.11. The minimum Gasteiger partial charge on any atom is -0.416 e. The Morgan fingerprint density at radius 3 is 2.70 bits per heavy atom. The lowest BCUT2D eigenvalue weighted by Gasteiger charge is -2.04. The monoisotopic (exact) mass is 436 g/mol. The molecule has 0 aliphatic rings. The van der Waals surface area contributed by atoms with Crippen molar-refractivity contribution in [2.45, 2.75) is 30.7 Å². The number of nitrogens with zero attached hydrogens (tertiary/aromatic N) is 3. The van der Waals surface area contributed by atoms with Crippen LogP contribution < -0.4 is 5.32 Å². The average Bonchev–Trinajstić information content (AvgIpc) is 3.38. The molecule has 0 bridgehead atoms. The molecule has 2 aromatic carbocycles. The van der Waals surface area contributed by atoms with E-state index in [1.54, 1.807) is 0 Å². The zero-order chi connectivity index (χ0) is 20.8. The minimum atomic E-state index is -0.0742. The third kappa shape index (κ3) is 5.77. The van der Waals surface area contributed by atoms with Crippen LogP contribution in [-0.2, 0) is 23.4 Å². The van der Waals surface area contributed by atoms with Crippen molar-refractivity contribution < 1.29 is 9.21 Å². The van der Waals surface area contributed by atoms with Gasteiger partial charge >= 0.3 is 0 Å². The van der Waals surface area contributed by atoms with Gasteiger partial charge in [0.2, 0.25) is 11.8 Å². The summed E-state index contributed by atoms with van der Waals surface area (Å²) in [7, 11) is 0.